The molecule has 6 heteroatoms. The summed E-state index contributed by atoms with van der Waals surface area (Å²) in [6, 6.07) is 20.3. The molecule has 0 N–H and O–H groups in total. The van der Waals surface area contributed by atoms with Crippen LogP contribution < -0.4 is 4.90 Å². The Morgan fingerprint density at radius 2 is 1.47 bits per heavy atom. The third-order valence-corrected chi connectivity index (χ3v) is 5.13. The number of hydrogen-bond donors (Lipinski definition) is 0. The van der Waals surface area contributed by atoms with E-state index >= 15 is 0 Å². The summed E-state index contributed by atoms with van der Waals surface area (Å²) in [5.41, 5.74) is 3.68. The first-order chi connectivity index (χ1) is 14.5. The Hall–Kier alpha value is -3.18. The van der Waals surface area contributed by atoms with Gasteiger partial charge in [0.2, 0.25) is 0 Å². The minimum atomic E-state index is -0.263. The van der Waals surface area contributed by atoms with Gasteiger partial charge in [-0.3, -0.25) is 0 Å². The van der Waals surface area contributed by atoms with Gasteiger partial charge in [0.05, 0.1) is 12.2 Å². The summed E-state index contributed by atoms with van der Waals surface area (Å²) < 4.78 is 28.5. The number of hydrogen-bond acceptors (Lipinski definition) is 2. The van der Waals surface area contributed by atoms with Gasteiger partial charge in [-0.25, -0.2) is 13.8 Å². The Morgan fingerprint density at radius 3 is 2.10 bits per heavy atom. The lowest BCUT2D eigenvalue weighted by Crippen LogP contribution is -2.16. The molecule has 0 radical (unpaired) electrons. The molecule has 0 bridgehead atoms. The highest BCUT2D eigenvalue weighted by molar-refractivity contribution is 6.30. The second kappa shape index (κ2) is 8.67. The molecule has 0 unspecified atom stereocenters. The summed E-state index contributed by atoms with van der Waals surface area (Å²) in [5, 5.41) is 0.662. The summed E-state index contributed by atoms with van der Waals surface area (Å²) >= 11 is 6.04. The van der Waals surface area contributed by atoms with Crippen LogP contribution in [-0.2, 0) is 13.0 Å². The minimum Gasteiger partial charge on any atom is -0.369 e. The Labute approximate surface area is 179 Å². The monoisotopic (exact) mass is 423 g/mol. The molecule has 152 valence electrons. The average Bonchev–Trinajstić information content (AvgIpc) is 3.12. The van der Waals surface area contributed by atoms with Crippen LogP contribution in [0.3, 0.4) is 0 Å². The van der Waals surface area contributed by atoms with Crippen molar-refractivity contribution >= 4 is 17.3 Å². The molecule has 30 heavy (non-hydrogen) atoms. The van der Waals surface area contributed by atoms with Crippen molar-refractivity contribution in [2.24, 2.45) is 0 Å². The third kappa shape index (κ3) is 4.69. The molecule has 0 aliphatic carbocycles. The van der Waals surface area contributed by atoms with Crippen LogP contribution in [0.4, 0.5) is 14.5 Å². The van der Waals surface area contributed by atoms with E-state index in [1.54, 1.807) is 24.3 Å². The van der Waals surface area contributed by atoms with Gasteiger partial charge in [-0.1, -0.05) is 23.7 Å². The van der Waals surface area contributed by atoms with Gasteiger partial charge in [-0.15, -0.1) is 0 Å². The Kier molecular flexibility index (Phi) is 5.81. The van der Waals surface area contributed by atoms with Crippen molar-refractivity contribution in [2.75, 3.05) is 11.9 Å². The van der Waals surface area contributed by atoms with E-state index in [0.29, 0.717) is 18.0 Å². The molecule has 0 atom stereocenters. The minimum absolute atomic E-state index is 0.263. The van der Waals surface area contributed by atoms with Crippen LogP contribution in [0.5, 0.6) is 0 Å². The predicted molar refractivity (Wildman–Crippen MR) is 116 cm³/mol. The topological polar surface area (TPSA) is 21.1 Å². The molecule has 0 aliphatic heterocycles. The Bertz CT molecular complexity index is 1120. The molecular weight excluding hydrogens is 404 g/mol. The van der Waals surface area contributed by atoms with Crippen LogP contribution in [0, 0.1) is 11.6 Å². The Morgan fingerprint density at radius 1 is 0.867 bits per heavy atom. The molecule has 1 heterocycles. The number of rotatable bonds is 6. The van der Waals surface area contributed by atoms with Crippen LogP contribution in [-0.4, -0.2) is 16.6 Å². The maximum atomic E-state index is 13.3. The van der Waals surface area contributed by atoms with Crippen molar-refractivity contribution in [3.05, 3.63) is 113 Å². The molecule has 0 aliphatic rings. The van der Waals surface area contributed by atoms with E-state index in [9.17, 15) is 8.78 Å². The van der Waals surface area contributed by atoms with Gasteiger partial charge in [0.25, 0.3) is 0 Å². The van der Waals surface area contributed by atoms with Crippen LogP contribution >= 0.6 is 11.6 Å². The van der Waals surface area contributed by atoms with Crippen molar-refractivity contribution in [3.8, 4) is 5.69 Å². The highest BCUT2D eigenvalue weighted by atomic mass is 35.5. The second-order valence-corrected chi connectivity index (χ2v) is 7.57. The zero-order chi connectivity index (χ0) is 21.1. The molecular formula is C24H20ClF2N3. The van der Waals surface area contributed by atoms with E-state index in [-0.39, 0.29) is 11.6 Å². The van der Waals surface area contributed by atoms with Gasteiger partial charge in [-0.2, -0.15) is 0 Å². The lowest BCUT2D eigenvalue weighted by molar-refractivity contribution is 0.627. The van der Waals surface area contributed by atoms with E-state index in [2.05, 4.69) is 0 Å². The van der Waals surface area contributed by atoms with Crippen LogP contribution in [0.15, 0.2) is 79.0 Å². The SMILES string of the molecule is CN(Cc1cn(-c2ccc(Cl)cc2)c(Cc2ccc(F)cc2)n1)c1ccc(F)cc1. The summed E-state index contributed by atoms with van der Waals surface area (Å²) in [7, 11) is 1.94. The first-order valence-corrected chi connectivity index (χ1v) is 9.90. The first kappa shape index (κ1) is 20.1. The highest BCUT2D eigenvalue weighted by Crippen LogP contribution is 2.21. The standard InChI is InChI=1S/C24H20ClF2N3/c1-29(22-12-8-20(27)9-13-22)15-21-16-30(23-10-4-18(25)5-11-23)24(28-21)14-17-2-6-19(26)7-3-17/h2-13,16H,14-15H2,1H3. The van der Waals surface area contributed by atoms with E-state index < -0.39 is 0 Å². The van der Waals surface area contributed by atoms with E-state index in [1.165, 1.54) is 24.3 Å². The zero-order valence-electron chi connectivity index (χ0n) is 16.4. The Balaban J connectivity index is 1.65. The van der Waals surface area contributed by atoms with Crippen LogP contribution in [0.2, 0.25) is 5.02 Å². The molecule has 0 fully saturated rings. The smallest absolute Gasteiger partial charge is 0.123 e. The van der Waals surface area contributed by atoms with Gasteiger partial charge in [0.1, 0.15) is 17.5 Å². The summed E-state index contributed by atoms with van der Waals surface area (Å²) in [6.07, 6.45) is 2.55. The van der Waals surface area contributed by atoms with E-state index in [0.717, 1.165) is 28.5 Å². The molecule has 0 spiro atoms. The van der Waals surface area contributed by atoms with Crippen molar-refractivity contribution in [1.29, 1.82) is 0 Å². The number of nitrogens with zero attached hydrogens (tertiary/aromatic N) is 3. The fraction of sp³-hybridized carbons (Fsp3) is 0.125. The number of benzene rings is 3. The number of imidazole rings is 1. The predicted octanol–water partition coefficient (Wildman–Crippen LogP) is 6.03. The zero-order valence-corrected chi connectivity index (χ0v) is 17.2. The largest absolute Gasteiger partial charge is 0.369 e. The van der Waals surface area contributed by atoms with Crippen LogP contribution in [0.1, 0.15) is 17.1 Å². The summed E-state index contributed by atoms with van der Waals surface area (Å²) in [6.45, 7) is 0.558. The molecule has 4 rings (SSSR count). The van der Waals surface area contributed by atoms with Gasteiger partial charge in [0.15, 0.2) is 0 Å². The van der Waals surface area contributed by atoms with Gasteiger partial charge in [0, 0.05) is 36.1 Å². The van der Waals surface area contributed by atoms with Crippen molar-refractivity contribution < 1.29 is 8.78 Å². The number of anilines is 1. The third-order valence-electron chi connectivity index (χ3n) is 4.88. The normalized spacial score (nSPS) is 10.9. The molecule has 4 aromatic rings. The first-order valence-electron chi connectivity index (χ1n) is 9.52. The molecule has 0 amide bonds. The van der Waals surface area contributed by atoms with Crippen molar-refractivity contribution in [1.82, 2.24) is 9.55 Å². The van der Waals surface area contributed by atoms with Gasteiger partial charge < -0.3 is 9.47 Å². The fourth-order valence-corrected chi connectivity index (χ4v) is 3.44. The maximum absolute atomic E-state index is 13.3. The van der Waals surface area contributed by atoms with Crippen molar-refractivity contribution in [3.63, 3.8) is 0 Å². The molecule has 0 saturated heterocycles. The summed E-state index contributed by atoms with van der Waals surface area (Å²) in [5.74, 6) is 0.314. The average molecular weight is 424 g/mol. The fourth-order valence-electron chi connectivity index (χ4n) is 3.31. The highest BCUT2D eigenvalue weighted by Gasteiger charge is 2.13. The lowest BCUT2D eigenvalue weighted by atomic mass is 10.1. The van der Waals surface area contributed by atoms with Gasteiger partial charge in [-0.05, 0) is 66.2 Å². The maximum Gasteiger partial charge on any atom is 0.123 e. The quantitative estimate of drug-likeness (QED) is 0.377. The lowest BCUT2D eigenvalue weighted by Gasteiger charge is -2.17. The van der Waals surface area contributed by atoms with E-state index in [4.69, 9.17) is 16.6 Å². The van der Waals surface area contributed by atoms with Crippen LogP contribution in [0.25, 0.3) is 5.69 Å². The molecule has 0 saturated carbocycles. The number of aromatic nitrogens is 2. The van der Waals surface area contributed by atoms with Crippen molar-refractivity contribution in [2.45, 2.75) is 13.0 Å². The molecule has 3 aromatic carbocycles. The molecule has 1 aromatic heterocycles. The number of halogens is 3. The summed E-state index contributed by atoms with van der Waals surface area (Å²) in [4.78, 5) is 6.84. The second-order valence-electron chi connectivity index (χ2n) is 7.13. The van der Waals surface area contributed by atoms with E-state index in [1.807, 2.05) is 47.0 Å². The molecule has 3 nitrogen and oxygen atoms in total. The van der Waals surface area contributed by atoms with Gasteiger partial charge >= 0.3 is 0 Å².